The van der Waals surface area contributed by atoms with Gasteiger partial charge in [0.2, 0.25) is 0 Å². The molecule has 3 heteroatoms. The van der Waals surface area contributed by atoms with E-state index in [1.54, 1.807) is 0 Å². The summed E-state index contributed by atoms with van der Waals surface area (Å²) in [6, 6.07) is 11.9. The number of rotatable bonds is 3. The Balaban J connectivity index is 1.85. The van der Waals surface area contributed by atoms with E-state index in [0.717, 1.165) is 27.9 Å². The Morgan fingerprint density at radius 2 is 1.29 bits per heavy atom. The molecule has 0 saturated heterocycles. The van der Waals surface area contributed by atoms with Crippen LogP contribution in [0, 0.1) is 20.8 Å². The van der Waals surface area contributed by atoms with Gasteiger partial charge in [-0.15, -0.1) is 12.2 Å². The summed E-state index contributed by atoms with van der Waals surface area (Å²) in [5, 5.41) is 25.6. The molecule has 0 N–H and O–H groups in total. The molecule has 1 saturated carbocycles. The summed E-state index contributed by atoms with van der Waals surface area (Å²) < 4.78 is 0. The summed E-state index contributed by atoms with van der Waals surface area (Å²) in [4.78, 5) is 2.01. The summed E-state index contributed by atoms with van der Waals surface area (Å²) in [6.45, 7) is 6.10. The maximum Gasteiger partial charge on any atom is 0.0361 e. The molecule has 0 aliphatic heterocycles. The summed E-state index contributed by atoms with van der Waals surface area (Å²) in [6.07, 6.45) is -1.72. The van der Waals surface area contributed by atoms with Crippen LogP contribution in [0.25, 0.3) is 0 Å². The highest BCUT2D eigenvalue weighted by molar-refractivity contribution is 5.49. The Hall–Kier alpha value is -1.84. The van der Waals surface area contributed by atoms with Gasteiger partial charge in [0, 0.05) is 19.8 Å². The Morgan fingerprint density at radius 3 is 1.83 bits per heavy atom. The monoisotopic (exact) mass is 323 g/mol. The molecule has 0 aromatic heterocycles. The van der Waals surface area contributed by atoms with Gasteiger partial charge in [0.15, 0.2) is 0 Å². The molecule has 0 spiro atoms. The Kier molecular flexibility index (Phi) is 4.41. The predicted molar refractivity (Wildman–Crippen MR) is 94.5 cm³/mol. The van der Waals surface area contributed by atoms with Crippen LogP contribution in [0.3, 0.4) is 0 Å². The molecule has 24 heavy (non-hydrogen) atoms. The van der Waals surface area contributed by atoms with Crippen LogP contribution in [-0.4, -0.2) is 26.3 Å². The number of hydrogen-bond acceptors (Lipinski definition) is 3. The van der Waals surface area contributed by atoms with Crippen LogP contribution in [0.15, 0.2) is 36.4 Å². The highest BCUT2D eigenvalue weighted by atomic mass is 16.3. The van der Waals surface area contributed by atoms with Crippen LogP contribution in [-0.2, 0) is 0 Å². The predicted octanol–water partition coefficient (Wildman–Crippen LogP) is 2.02. The highest BCUT2D eigenvalue weighted by Crippen LogP contribution is 2.46. The molecule has 2 aromatic rings. The second kappa shape index (κ2) is 6.23. The SMILES string of the molecule is Cc1cc(C)c(C2C([O-])C(c3ccc(N(C)C)cc3)C2[O-])cc1C. The average molecular weight is 323 g/mol. The smallest absolute Gasteiger partial charge is 0.0361 e. The van der Waals surface area contributed by atoms with Crippen molar-refractivity contribution in [3.05, 3.63) is 64.2 Å². The van der Waals surface area contributed by atoms with Gasteiger partial charge in [0.25, 0.3) is 0 Å². The Morgan fingerprint density at radius 1 is 0.750 bits per heavy atom. The Bertz CT molecular complexity index is 726. The molecule has 0 heterocycles. The van der Waals surface area contributed by atoms with E-state index in [-0.39, 0.29) is 0 Å². The minimum Gasteiger partial charge on any atom is -0.851 e. The fourth-order valence-electron chi connectivity index (χ4n) is 3.75. The second-order valence-corrected chi connectivity index (χ2v) is 7.26. The van der Waals surface area contributed by atoms with E-state index in [1.807, 2.05) is 63.2 Å². The van der Waals surface area contributed by atoms with Gasteiger partial charge in [0.05, 0.1) is 0 Å². The van der Waals surface area contributed by atoms with Crippen molar-refractivity contribution in [3.63, 3.8) is 0 Å². The van der Waals surface area contributed by atoms with Crippen LogP contribution in [0.4, 0.5) is 5.69 Å². The van der Waals surface area contributed by atoms with Gasteiger partial charge < -0.3 is 15.1 Å². The lowest BCUT2D eigenvalue weighted by atomic mass is 9.62. The first-order chi connectivity index (χ1) is 11.3. The second-order valence-electron chi connectivity index (χ2n) is 7.26. The number of nitrogens with zero attached hydrogens (tertiary/aromatic N) is 1. The van der Waals surface area contributed by atoms with Crippen LogP contribution in [0.5, 0.6) is 0 Å². The van der Waals surface area contributed by atoms with Crippen LogP contribution in [0.1, 0.15) is 39.7 Å². The molecule has 0 radical (unpaired) electrons. The summed E-state index contributed by atoms with van der Waals surface area (Å²) in [5.41, 5.74) is 6.30. The van der Waals surface area contributed by atoms with Crippen LogP contribution >= 0.6 is 0 Å². The molecule has 1 aliphatic carbocycles. The fourth-order valence-corrected chi connectivity index (χ4v) is 3.75. The van der Waals surface area contributed by atoms with Gasteiger partial charge in [-0.25, -0.2) is 0 Å². The van der Waals surface area contributed by atoms with E-state index in [2.05, 4.69) is 13.0 Å². The van der Waals surface area contributed by atoms with Gasteiger partial charge in [-0.2, -0.15) is 0 Å². The van der Waals surface area contributed by atoms with Crippen molar-refractivity contribution in [1.29, 1.82) is 0 Å². The summed E-state index contributed by atoms with van der Waals surface area (Å²) in [7, 11) is 3.95. The molecule has 1 aliphatic rings. The third kappa shape index (κ3) is 2.72. The summed E-state index contributed by atoms with van der Waals surface area (Å²) in [5.74, 6) is -0.866. The molecule has 0 amide bonds. The van der Waals surface area contributed by atoms with E-state index < -0.39 is 24.0 Å². The maximum absolute atomic E-state index is 12.8. The fraction of sp³-hybridized carbons (Fsp3) is 0.429. The van der Waals surface area contributed by atoms with E-state index >= 15 is 0 Å². The number of benzene rings is 2. The Labute approximate surface area is 144 Å². The molecular formula is C21H25NO2-2. The first-order valence-corrected chi connectivity index (χ1v) is 8.48. The van der Waals surface area contributed by atoms with E-state index in [1.165, 1.54) is 5.56 Å². The third-order valence-corrected chi connectivity index (χ3v) is 5.45. The lowest BCUT2D eigenvalue weighted by molar-refractivity contribution is -0.536. The van der Waals surface area contributed by atoms with Crippen molar-refractivity contribution in [1.82, 2.24) is 0 Å². The van der Waals surface area contributed by atoms with Gasteiger partial charge in [-0.05, 0) is 72.6 Å². The standard InChI is InChI=1S/C21H25NO2/c1-12-10-14(3)17(11-13(12)2)19-20(23)18(21(19)24)15-6-8-16(9-7-15)22(4)5/h6-11,18-21H,1-5H3/q-2. The largest absolute Gasteiger partial charge is 0.851 e. The first-order valence-electron chi connectivity index (χ1n) is 8.48. The zero-order valence-corrected chi connectivity index (χ0v) is 15.0. The lowest BCUT2D eigenvalue weighted by Gasteiger charge is -2.62. The first kappa shape index (κ1) is 17.0. The van der Waals surface area contributed by atoms with E-state index in [4.69, 9.17) is 0 Å². The minimum absolute atomic E-state index is 0.428. The lowest BCUT2D eigenvalue weighted by Crippen LogP contribution is -2.63. The molecule has 3 nitrogen and oxygen atoms in total. The quantitative estimate of drug-likeness (QED) is 0.868. The van der Waals surface area contributed by atoms with Crippen molar-refractivity contribution < 1.29 is 10.2 Å². The molecule has 128 valence electrons. The van der Waals surface area contributed by atoms with Crippen molar-refractivity contribution in [2.24, 2.45) is 0 Å². The zero-order chi connectivity index (χ0) is 17.6. The number of anilines is 1. The molecule has 2 unspecified atom stereocenters. The highest BCUT2D eigenvalue weighted by Gasteiger charge is 2.38. The van der Waals surface area contributed by atoms with Gasteiger partial charge >= 0.3 is 0 Å². The average Bonchev–Trinajstić information content (AvgIpc) is 2.53. The van der Waals surface area contributed by atoms with Gasteiger partial charge in [-0.3, -0.25) is 0 Å². The van der Waals surface area contributed by atoms with Crippen molar-refractivity contribution in [2.75, 3.05) is 19.0 Å². The molecule has 2 aromatic carbocycles. The topological polar surface area (TPSA) is 49.4 Å². The van der Waals surface area contributed by atoms with Crippen molar-refractivity contribution in [2.45, 2.75) is 44.8 Å². The summed E-state index contributed by atoms with van der Waals surface area (Å²) >= 11 is 0. The number of aryl methyl sites for hydroxylation is 3. The van der Waals surface area contributed by atoms with Crippen LogP contribution < -0.4 is 15.1 Å². The molecule has 3 rings (SSSR count). The van der Waals surface area contributed by atoms with Crippen LogP contribution in [0.2, 0.25) is 0 Å². The van der Waals surface area contributed by atoms with E-state index in [0.29, 0.717) is 0 Å². The molecule has 2 atom stereocenters. The van der Waals surface area contributed by atoms with E-state index in [9.17, 15) is 10.2 Å². The normalized spacial score (nSPS) is 26.1. The molecule has 1 fully saturated rings. The number of hydrogen-bond donors (Lipinski definition) is 0. The van der Waals surface area contributed by atoms with Gasteiger partial charge in [-0.1, -0.05) is 24.3 Å². The zero-order valence-electron chi connectivity index (χ0n) is 15.0. The molecular weight excluding hydrogens is 298 g/mol. The third-order valence-electron chi connectivity index (χ3n) is 5.45. The molecule has 0 bridgehead atoms. The maximum atomic E-state index is 12.8. The van der Waals surface area contributed by atoms with Crippen molar-refractivity contribution >= 4 is 5.69 Å². The minimum atomic E-state index is -0.862. The van der Waals surface area contributed by atoms with Gasteiger partial charge in [0.1, 0.15) is 0 Å². The van der Waals surface area contributed by atoms with Crippen molar-refractivity contribution in [3.8, 4) is 0 Å².